The first-order chi connectivity index (χ1) is 9.40. The normalized spacial score (nSPS) is 18.4. The minimum Gasteiger partial charge on any atom is -0.305 e. The van der Waals surface area contributed by atoms with Gasteiger partial charge in [0.05, 0.1) is 4.92 Å². The SMILES string of the molecule is CC(=O)SC1CC(=O)N(c2cccc(C)c2[N+](=O)[O-])C1. The van der Waals surface area contributed by atoms with Crippen LogP contribution in [0.2, 0.25) is 0 Å². The molecule has 6 nitrogen and oxygen atoms in total. The summed E-state index contributed by atoms with van der Waals surface area (Å²) in [4.78, 5) is 35.2. The molecule has 0 aliphatic carbocycles. The molecule has 1 aliphatic heterocycles. The molecule has 0 spiro atoms. The van der Waals surface area contributed by atoms with Crippen LogP contribution < -0.4 is 4.90 Å². The van der Waals surface area contributed by atoms with Gasteiger partial charge in [0.2, 0.25) is 5.91 Å². The van der Waals surface area contributed by atoms with E-state index in [1.54, 1.807) is 25.1 Å². The summed E-state index contributed by atoms with van der Waals surface area (Å²) in [6.45, 7) is 3.42. The molecular formula is C13H14N2O4S. The summed E-state index contributed by atoms with van der Waals surface area (Å²) in [5.41, 5.74) is 0.781. The Balaban J connectivity index is 2.33. The van der Waals surface area contributed by atoms with Crippen molar-refractivity contribution in [2.45, 2.75) is 25.5 Å². The number of amides is 1. The van der Waals surface area contributed by atoms with Gasteiger partial charge in [-0.15, -0.1) is 0 Å². The largest absolute Gasteiger partial charge is 0.305 e. The van der Waals surface area contributed by atoms with Gasteiger partial charge in [-0.2, -0.15) is 0 Å². The fourth-order valence-corrected chi connectivity index (χ4v) is 3.24. The van der Waals surface area contributed by atoms with Crippen LogP contribution in [0, 0.1) is 17.0 Å². The van der Waals surface area contributed by atoms with Crippen LogP contribution in [0.15, 0.2) is 18.2 Å². The van der Waals surface area contributed by atoms with Crippen molar-refractivity contribution in [3.05, 3.63) is 33.9 Å². The monoisotopic (exact) mass is 294 g/mol. The Kier molecular flexibility index (Phi) is 4.08. The average molecular weight is 294 g/mol. The highest BCUT2D eigenvalue weighted by Gasteiger charge is 2.35. The van der Waals surface area contributed by atoms with E-state index in [1.807, 2.05) is 0 Å². The number of nitro benzene ring substituents is 1. The lowest BCUT2D eigenvalue weighted by Crippen LogP contribution is -2.26. The lowest BCUT2D eigenvalue weighted by Gasteiger charge is -2.17. The molecular weight excluding hydrogens is 280 g/mol. The van der Waals surface area contributed by atoms with Crippen molar-refractivity contribution < 1.29 is 14.5 Å². The van der Waals surface area contributed by atoms with Gasteiger partial charge in [0.15, 0.2) is 5.12 Å². The number of rotatable bonds is 3. The molecule has 0 aromatic heterocycles. The van der Waals surface area contributed by atoms with Crippen LogP contribution in [0.4, 0.5) is 11.4 Å². The van der Waals surface area contributed by atoms with Gasteiger partial charge >= 0.3 is 0 Å². The Bertz CT molecular complexity index is 588. The van der Waals surface area contributed by atoms with Gasteiger partial charge < -0.3 is 4.90 Å². The Hall–Kier alpha value is -1.89. The van der Waals surface area contributed by atoms with Crippen LogP contribution in [-0.4, -0.2) is 27.7 Å². The van der Waals surface area contributed by atoms with Gasteiger partial charge in [0, 0.05) is 30.7 Å². The number of hydrogen-bond acceptors (Lipinski definition) is 5. The molecule has 1 unspecified atom stereocenters. The topological polar surface area (TPSA) is 80.5 Å². The molecule has 7 heteroatoms. The molecule has 0 saturated carbocycles. The molecule has 20 heavy (non-hydrogen) atoms. The van der Waals surface area contributed by atoms with E-state index in [2.05, 4.69) is 0 Å². The number of carbonyl (C=O) groups excluding carboxylic acids is 2. The highest BCUT2D eigenvalue weighted by atomic mass is 32.2. The van der Waals surface area contributed by atoms with E-state index < -0.39 is 4.92 Å². The third kappa shape index (κ3) is 2.82. The second-order valence-electron chi connectivity index (χ2n) is 4.64. The minimum absolute atomic E-state index is 0.0469. The van der Waals surface area contributed by atoms with Gasteiger partial charge in [-0.25, -0.2) is 0 Å². The van der Waals surface area contributed by atoms with Gasteiger partial charge in [-0.1, -0.05) is 23.9 Å². The van der Waals surface area contributed by atoms with E-state index in [0.717, 1.165) is 11.8 Å². The highest BCUT2D eigenvalue weighted by Crippen LogP contribution is 2.36. The Morgan fingerprint density at radius 2 is 2.20 bits per heavy atom. The number of nitro groups is 1. The van der Waals surface area contributed by atoms with Crippen molar-refractivity contribution in [1.29, 1.82) is 0 Å². The molecule has 0 bridgehead atoms. The van der Waals surface area contributed by atoms with Crippen molar-refractivity contribution in [2.75, 3.05) is 11.4 Å². The molecule has 1 aromatic carbocycles. The Morgan fingerprint density at radius 1 is 1.50 bits per heavy atom. The number of benzene rings is 1. The van der Waals surface area contributed by atoms with Crippen molar-refractivity contribution >= 4 is 34.2 Å². The molecule has 1 saturated heterocycles. The molecule has 106 valence electrons. The molecule has 1 heterocycles. The molecule has 2 rings (SSSR count). The van der Waals surface area contributed by atoms with Crippen molar-refractivity contribution in [1.82, 2.24) is 0 Å². The van der Waals surface area contributed by atoms with Gasteiger partial charge in [0.1, 0.15) is 5.69 Å². The van der Waals surface area contributed by atoms with Crippen LogP contribution >= 0.6 is 11.8 Å². The summed E-state index contributed by atoms with van der Waals surface area (Å²) >= 11 is 1.11. The third-order valence-electron chi connectivity index (χ3n) is 3.11. The van der Waals surface area contributed by atoms with E-state index in [1.165, 1.54) is 11.8 Å². The number of nitrogens with zero attached hydrogens (tertiary/aromatic N) is 2. The minimum atomic E-state index is -0.469. The Labute approximate surface area is 120 Å². The molecule has 1 aliphatic rings. The van der Waals surface area contributed by atoms with Crippen LogP contribution in [0.25, 0.3) is 0 Å². The average Bonchev–Trinajstić information content (AvgIpc) is 2.68. The molecule has 0 N–H and O–H groups in total. The number of thioether (sulfide) groups is 1. The second kappa shape index (κ2) is 5.62. The smallest absolute Gasteiger partial charge is 0.295 e. The van der Waals surface area contributed by atoms with Crippen LogP contribution in [0.1, 0.15) is 18.9 Å². The van der Waals surface area contributed by atoms with E-state index in [9.17, 15) is 19.7 Å². The molecule has 0 radical (unpaired) electrons. The number of para-hydroxylation sites is 1. The lowest BCUT2D eigenvalue weighted by atomic mass is 10.1. The fraction of sp³-hybridized carbons (Fsp3) is 0.385. The predicted molar refractivity (Wildman–Crippen MR) is 76.9 cm³/mol. The van der Waals surface area contributed by atoms with Crippen molar-refractivity contribution in [3.63, 3.8) is 0 Å². The maximum Gasteiger partial charge on any atom is 0.295 e. The number of carbonyl (C=O) groups is 2. The van der Waals surface area contributed by atoms with Gasteiger partial charge in [0.25, 0.3) is 5.69 Å². The summed E-state index contributed by atoms with van der Waals surface area (Å²) in [6, 6.07) is 4.91. The quantitative estimate of drug-likeness (QED) is 0.631. The van der Waals surface area contributed by atoms with E-state index in [-0.39, 0.29) is 28.4 Å². The van der Waals surface area contributed by atoms with Gasteiger partial charge in [-0.05, 0) is 13.0 Å². The summed E-state index contributed by atoms with van der Waals surface area (Å²) in [5.74, 6) is -0.183. The first-order valence-electron chi connectivity index (χ1n) is 6.11. The summed E-state index contributed by atoms with van der Waals surface area (Å²) in [7, 11) is 0. The Morgan fingerprint density at radius 3 is 2.80 bits per heavy atom. The van der Waals surface area contributed by atoms with Crippen molar-refractivity contribution in [3.8, 4) is 0 Å². The second-order valence-corrected chi connectivity index (χ2v) is 6.12. The summed E-state index contributed by atoms with van der Waals surface area (Å²) in [6.07, 6.45) is 0.231. The number of hydrogen-bond donors (Lipinski definition) is 0. The lowest BCUT2D eigenvalue weighted by molar-refractivity contribution is -0.384. The molecule has 1 amide bonds. The van der Waals surface area contributed by atoms with E-state index >= 15 is 0 Å². The van der Waals surface area contributed by atoms with Gasteiger partial charge in [-0.3, -0.25) is 19.7 Å². The zero-order valence-corrected chi connectivity index (χ0v) is 12.0. The predicted octanol–water partition coefficient (Wildman–Crippen LogP) is 2.29. The highest BCUT2D eigenvalue weighted by molar-refractivity contribution is 8.14. The number of anilines is 1. The fourth-order valence-electron chi connectivity index (χ4n) is 2.32. The first-order valence-corrected chi connectivity index (χ1v) is 6.99. The van der Waals surface area contributed by atoms with Crippen LogP contribution in [0.5, 0.6) is 0 Å². The third-order valence-corrected chi connectivity index (χ3v) is 4.09. The van der Waals surface area contributed by atoms with Crippen LogP contribution in [0.3, 0.4) is 0 Å². The van der Waals surface area contributed by atoms with Crippen molar-refractivity contribution in [2.24, 2.45) is 0 Å². The number of aryl methyl sites for hydroxylation is 1. The molecule has 1 aromatic rings. The first kappa shape index (κ1) is 14.5. The standard InChI is InChI=1S/C13H14N2O4S/c1-8-4-3-5-11(13(8)15(18)19)14-7-10(6-12(14)17)20-9(2)16/h3-5,10H,6-7H2,1-2H3. The molecule has 1 fully saturated rings. The maximum absolute atomic E-state index is 12.0. The zero-order valence-electron chi connectivity index (χ0n) is 11.2. The van der Waals surface area contributed by atoms with E-state index in [0.29, 0.717) is 17.8 Å². The summed E-state index contributed by atoms with van der Waals surface area (Å²) in [5, 5.41) is 11.0. The zero-order chi connectivity index (χ0) is 14.9. The summed E-state index contributed by atoms with van der Waals surface area (Å²) < 4.78 is 0. The van der Waals surface area contributed by atoms with E-state index in [4.69, 9.17) is 0 Å². The molecule has 1 atom stereocenters. The maximum atomic E-state index is 12.0. The van der Waals surface area contributed by atoms with Crippen LogP contribution in [-0.2, 0) is 9.59 Å².